The fourth-order valence-electron chi connectivity index (χ4n) is 6.23. The van der Waals surface area contributed by atoms with E-state index in [2.05, 4.69) is 10.3 Å². The highest BCUT2D eigenvalue weighted by Crippen LogP contribution is 2.29. The number of aromatic nitrogens is 1. The van der Waals surface area contributed by atoms with Crippen LogP contribution in [0.5, 0.6) is 0 Å². The molecule has 0 aliphatic carbocycles. The minimum absolute atomic E-state index is 0.00854. The van der Waals surface area contributed by atoms with Crippen LogP contribution in [0.2, 0.25) is 0 Å². The molecule has 0 unspecified atom stereocenters. The maximum Gasteiger partial charge on any atom is 0.335 e. The lowest BCUT2D eigenvalue weighted by Crippen LogP contribution is -2.32. The fraction of sp³-hybridized carbons (Fsp3) is 0.836. The lowest BCUT2D eigenvalue weighted by Gasteiger charge is -2.12. The third-order valence-electron chi connectivity index (χ3n) is 10.5. The lowest BCUT2D eigenvalue weighted by molar-refractivity contribution is -0.198. The zero-order valence-corrected chi connectivity index (χ0v) is 51.4. The first kappa shape index (κ1) is 78.2. The van der Waals surface area contributed by atoms with Crippen LogP contribution in [0.3, 0.4) is 0 Å². The SMILES string of the molecule is O=C(CCSSc1ccccn1)NCCOCCOCCOCCOCCOCCOCCOCCOCCOCCOCCOCCOCCOCCOCCOCCOCCOCCOCCOCCOCCC(=O)ON1C(=O)CCC1=O. The number of hydrogen-bond donors (Lipinski definition) is 1. The van der Waals surface area contributed by atoms with Crippen molar-refractivity contribution >= 4 is 45.3 Å². The van der Waals surface area contributed by atoms with Gasteiger partial charge in [-0.1, -0.05) is 16.9 Å². The van der Waals surface area contributed by atoms with E-state index >= 15 is 0 Å². The summed E-state index contributed by atoms with van der Waals surface area (Å²) in [7, 11) is 3.18. The van der Waals surface area contributed by atoms with Crippen molar-refractivity contribution in [1.29, 1.82) is 0 Å². The largest absolute Gasteiger partial charge is 0.378 e. The first-order chi connectivity index (χ1) is 42.1. The van der Waals surface area contributed by atoms with E-state index in [1.54, 1.807) is 27.8 Å². The van der Waals surface area contributed by atoms with Gasteiger partial charge in [0.15, 0.2) is 0 Å². The standard InChI is InChI=1S/C55H97N3O25S2/c59-51(7-50-84-85-52-3-1-2-8-57-52)56-9-11-64-13-15-66-17-19-68-21-23-70-25-27-72-29-31-74-33-35-76-37-39-78-41-43-80-45-47-82-49-48-81-46-44-79-42-40-77-38-36-75-34-32-73-30-28-71-26-24-69-22-20-67-18-16-65-14-12-63-10-6-55(62)83-58-53(60)4-5-54(58)61/h1-3,8H,4-7,9-50H2,(H,56,59). The summed E-state index contributed by atoms with van der Waals surface area (Å²) < 4.78 is 110. The summed E-state index contributed by atoms with van der Waals surface area (Å²) in [6.07, 6.45) is 2.23. The highest BCUT2D eigenvalue weighted by Gasteiger charge is 2.32. The Hall–Kier alpha value is -2.87. The molecule has 30 heteroatoms. The topological polar surface area (TPSA) is 290 Å². The zero-order valence-electron chi connectivity index (χ0n) is 49.8. The molecule has 0 bridgehead atoms. The van der Waals surface area contributed by atoms with Crippen molar-refractivity contribution in [1.82, 2.24) is 15.4 Å². The van der Waals surface area contributed by atoms with E-state index < -0.39 is 17.8 Å². The van der Waals surface area contributed by atoms with Gasteiger partial charge < -0.3 is 105 Å². The average Bonchev–Trinajstić information content (AvgIpc) is 4.13. The lowest BCUT2D eigenvalue weighted by atomic mass is 10.4. The third-order valence-corrected chi connectivity index (χ3v) is 12.7. The van der Waals surface area contributed by atoms with E-state index in [-0.39, 0.29) is 38.4 Å². The Morgan fingerprint density at radius 2 is 0.647 bits per heavy atom. The molecule has 1 aliphatic heterocycles. The highest BCUT2D eigenvalue weighted by atomic mass is 33.1. The Bertz CT molecular complexity index is 1630. The minimum Gasteiger partial charge on any atom is -0.378 e. The van der Waals surface area contributed by atoms with Gasteiger partial charge >= 0.3 is 5.97 Å². The van der Waals surface area contributed by atoms with Crippen molar-refractivity contribution in [2.45, 2.75) is 30.7 Å². The van der Waals surface area contributed by atoms with Crippen molar-refractivity contribution < 1.29 is 119 Å². The zero-order chi connectivity index (χ0) is 60.5. The minimum atomic E-state index is -0.705. The van der Waals surface area contributed by atoms with Crippen LogP contribution in [0, 0.1) is 0 Å². The maximum atomic E-state index is 11.9. The van der Waals surface area contributed by atoms with Crippen molar-refractivity contribution in [2.75, 3.05) is 277 Å². The van der Waals surface area contributed by atoms with Crippen molar-refractivity contribution in [2.24, 2.45) is 0 Å². The van der Waals surface area contributed by atoms with E-state index in [9.17, 15) is 19.2 Å². The summed E-state index contributed by atoms with van der Waals surface area (Å²) in [6, 6.07) is 5.77. The molecule has 0 spiro atoms. The molecule has 1 aromatic rings. The van der Waals surface area contributed by atoms with Crippen LogP contribution in [0.25, 0.3) is 0 Å². The number of hydroxylamine groups is 2. The summed E-state index contributed by atoms with van der Waals surface area (Å²) in [5, 5.41) is 4.31. The molecule has 1 aliphatic rings. The summed E-state index contributed by atoms with van der Waals surface area (Å²) in [5.74, 6) is -1.01. The number of nitrogens with zero attached hydrogens (tertiary/aromatic N) is 2. The monoisotopic (exact) mass is 1260 g/mol. The van der Waals surface area contributed by atoms with Gasteiger partial charge in [0.25, 0.3) is 11.8 Å². The van der Waals surface area contributed by atoms with Crippen LogP contribution in [-0.2, 0) is 119 Å². The second-order valence-electron chi connectivity index (χ2n) is 17.2. The van der Waals surface area contributed by atoms with Gasteiger partial charge in [0.05, 0.1) is 271 Å². The Kier molecular flexibility index (Phi) is 59.0. The predicted molar refractivity (Wildman–Crippen MR) is 308 cm³/mol. The summed E-state index contributed by atoms with van der Waals surface area (Å²) in [6.45, 7) is 18.2. The molecule has 2 rings (SSSR count). The number of carbonyl (C=O) groups excluding carboxylic acids is 4. The van der Waals surface area contributed by atoms with E-state index in [1.165, 1.54) is 0 Å². The van der Waals surface area contributed by atoms with Gasteiger partial charge in [0.1, 0.15) is 5.03 Å². The van der Waals surface area contributed by atoms with Gasteiger partial charge in [-0.2, -0.15) is 0 Å². The number of pyridine rings is 1. The van der Waals surface area contributed by atoms with Crippen LogP contribution in [0.1, 0.15) is 25.7 Å². The molecule has 2 heterocycles. The van der Waals surface area contributed by atoms with E-state index in [0.717, 1.165) is 5.03 Å². The highest BCUT2D eigenvalue weighted by molar-refractivity contribution is 8.76. The van der Waals surface area contributed by atoms with Gasteiger partial charge in [0.2, 0.25) is 5.91 Å². The summed E-state index contributed by atoms with van der Waals surface area (Å²) in [4.78, 5) is 55.5. The van der Waals surface area contributed by atoms with Crippen molar-refractivity contribution in [3.63, 3.8) is 0 Å². The number of amides is 3. The van der Waals surface area contributed by atoms with Gasteiger partial charge in [0, 0.05) is 37.8 Å². The van der Waals surface area contributed by atoms with Crippen LogP contribution >= 0.6 is 21.6 Å². The molecule has 1 fully saturated rings. The number of imide groups is 1. The predicted octanol–water partition coefficient (Wildman–Crippen LogP) is 1.66. The second-order valence-corrected chi connectivity index (χ2v) is 19.7. The molecule has 0 saturated carbocycles. The van der Waals surface area contributed by atoms with Crippen molar-refractivity contribution in [3.05, 3.63) is 24.4 Å². The fourth-order valence-corrected chi connectivity index (χ4v) is 8.09. The second kappa shape index (κ2) is 64.1. The number of ether oxygens (including phenoxy) is 20. The first-order valence-corrected chi connectivity index (χ1v) is 31.5. The summed E-state index contributed by atoms with van der Waals surface area (Å²) in [5.41, 5.74) is 0. The molecule has 1 saturated heterocycles. The average molecular weight is 1260 g/mol. The summed E-state index contributed by atoms with van der Waals surface area (Å²) >= 11 is 0. The molecule has 3 amide bonds. The Morgan fingerprint density at radius 3 is 0.918 bits per heavy atom. The molecular weight excluding hydrogens is 1170 g/mol. The van der Waals surface area contributed by atoms with Crippen LogP contribution in [-0.4, -0.2) is 310 Å². The first-order valence-electron chi connectivity index (χ1n) is 29.1. The molecule has 1 N–H and O–H groups in total. The molecule has 0 aromatic carbocycles. The van der Waals surface area contributed by atoms with Crippen LogP contribution in [0.15, 0.2) is 29.4 Å². The third kappa shape index (κ3) is 56.1. The quantitative estimate of drug-likeness (QED) is 0.0551. The van der Waals surface area contributed by atoms with E-state index in [0.29, 0.717) is 275 Å². The van der Waals surface area contributed by atoms with Gasteiger partial charge in [-0.05, 0) is 22.9 Å². The van der Waals surface area contributed by atoms with Crippen molar-refractivity contribution in [3.8, 4) is 0 Å². The Morgan fingerprint density at radius 1 is 0.376 bits per heavy atom. The van der Waals surface area contributed by atoms with Gasteiger partial charge in [-0.15, -0.1) is 5.06 Å². The molecular formula is C55H97N3O25S2. The number of hydrogen-bond acceptors (Lipinski definition) is 28. The van der Waals surface area contributed by atoms with E-state index in [1.807, 2.05) is 18.2 Å². The number of rotatable bonds is 69. The molecule has 0 radical (unpaired) electrons. The normalized spacial score (nSPS) is 12.5. The molecule has 0 atom stereocenters. The van der Waals surface area contributed by atoms with Gasteiger partial charge in [-0.3, -0.25) is 14.4 Å². The van der Waals surface area contributed by atoms with Gasteiger partial charge in [-0.25, -0.2) is 9.78 Å². The smallest absolute Gasteiger partial charge is 0.335 e. The molecule has 1 aromatic heterocycles. The number of nitrogens with one attached hydrogen (secondary N) is 1. The Labute approximate surface area is 509 Å². The maximum absolute atomic E-state index is 11.9. The molecule has 85 heavy (non-hydrogen) atoms. The van der Waals surface area contributed by atoms with Crippen LogP contribution in [0.4, 0.5) is 0 Å². The molecule has 494 valence electrons. The Balaban J connectivity index is 1.10. The number of carbonyl (C=O) groups is 4. The van der Waals surface area contributed by atoms with Crippen LogP contribution < -0.4 is 5.32 Å². The van der Waals surface area contributed by atoms with E-state index in [4.69, 9.17) is 99.6 Å². The molecule has 28 nitrogen and oxygen atoms in total.